The minimum Gasteiger partial charge on any atom is -0.403 e. The fourth-order valence-corrected chi connectivity index (χ4v) is 1.87. The van der Waals surface area contributed by atoms with Crippen LogP contribution in [0.1, 0.15) is 11.3 Å². The van der Waals surface area contributed by atoms with Crippen LogP contribution in [0.3, 0.4) is 0 Å². The van der Waals surface area contributed by atoms with E-state index in [1.165, 1.54) is 6.20 Å². The molecule has 2 N–H and O–H groups in total. The highest BCUT2D eigenvalue weighted by molar-refractivity contribution is 14.1. The maximum atomic E-state index is 12.2. The number of nitriles is 1. The molecule has 0 bridgehead atoms. The highest BCUT2D eigenvalue weighted by Crippen LogP contribution is 2.32. The lowest BCUT2D eigenvalue weighted by Gasteiger charge is -2.14. The highest BCUT2D eigenvalue weighted by Gasteiger charge is 2.33. The normalized spacial score (nSPS) is 11.1. The van der Waals surface area contributed by atoms with Crippen LogP contribution in [0.25, 0.3) is 0 Å². The maximum absolute atomic E-state index is 12.2. The molecule has 0 unspecified atom stereocenters. The smallest absolute Gasteiger partial charge is 0.403 e. The molecule has 0 saturated carbocycles. The predicted octanol–water partition coefficient (Wildman–Crippen LogP) is 2.11. The monoisotopic (exact) mass is 357 g/mol. The highest BCUT2D eigenvalue weighted by atomic mass is 127. The average Bonchev–Trinajstić information content (AvgIpc) is 2.23. The molecular formula is C9H7F3IN3O. The topological polar surface area (TPSA) is 71.9 Å². The van der Waals surface area contributed by atoms with E-state index < -0.39 is 12.1 Å². The molecule has 92 valence electrons. The minimum absolute atomic E-state index is 0.00779. The van der Waals surface area contributed by atoms with Crippen molar-refractivity contribution in [3.8, 4) is 11.8 Å². The number of aromatic nitrogens is 1. The van der Waals surface area contributed by atoms with E-state index in [9.17, 15) is 13.2 Å². The number of pyridine rings is 1. The van der Waals surface area contributed by atoms with E-state index in [1.54, 1.807) is 22.6 Å². The fourth-order valence-electron chi connectivity index (χ4n) is 1.12. The van der Waals surface area contributed by atoms with Crippen LogP contribution in [0, 0.1) is 14.9 Å². The van der Waals surface area contributed by atoms with Gasteiger partial charge in [-0.1, -0.05) is 0 Å². The Kier molecular flexibility index (Phi) is 4.53. The van der Waals surface area contributed by atoms with Crippen LogP contribution in [0.4, 0.5) is 13.2 Å². The van der Waals surface area contributed by atoms with Crippen LogP contribution < -0.4 is 10.5 Å². The Morgan fingerprint density at radius 1 is 1.53 bits per heavy atom. The summed E-state index contributed by atoms with van der Waals surface area (Å²) >= 11 is 1.68. The Labute approximate surface area is 109 Å². The second kappa shape index (κ2) is 5.50. The van der Waals surface area contributed by atoms with Crippen LogP contribution in [-0.4, -0.2) is 11.3 Å². The lowest BCUT2D eigenvalue weighted by molar-refractivity contribution is -0.275. The lowest BCUT2D eigenvalue weighted by atomic mass is 10.2. The van der Waals surface area contributed by atoms with E-state index >= 15 is 0 Å². The number of nitrogens with two attached hydrogens (primary N) is 1. The van der Waals surface area contributed by atoms with Gasteiger partial charge in [0.05, 0.1) is 21.8 Å². The SMILES string of the molecule is N#CCc1cnc(CN)c(OC(F)(F)F)c1I. The molecule has 0 spiro atoms. The number of hydrogen-bond donors (Lipinski definition) is 1. The molecule has 4 nitrogen and oxygen atoms in total. The Morgan fingerprint density at radius 3 is 2.65 bits per heavy atom. The molecule has 1 heterocycles. The molecule has 17 heavy (non-hydrogen) atoms. The molecule has 0 aromatic carbocycles. The molecule has 0 atom stereocenters. The number of rotatable bonds is 3. The van der Waals surface area contributed by atoms with Crippen LogP contribution in [-0.2, 0) is 13.0 Å². The van der Waals surface area contributed by atoms with Crippen LogP contribution in [0.2, 0.25) is 0 Å². The summed E-state index contributed by atoms with van der Waals surface area (Å²) in [7, 11) is 0. The molecule has 0 saturated heterocycles. The van der Waals surface area contributed by atoms with Crippen molar-refractivity contribution in [3.63, 3.8) is 0 Å². The summed E-state index contributed by atoms with van der Waals surface area (Å²) in [6, 6.07) is 1.84. The summed E-state index contributed by atoms with van der Waals surface area (Å²) in [5.74, 6) is -0.423. The van der Waals surface area contributed by atoms with Crippen LogP contribution in [0.5, 0.6) is 5.75 Å². The summed E-state index contributed by atoms with van der Waals surface area (Å²) in [6.07, 6.45) is -3.52. The predicted molar refractivity (Wildman–Crippen MR) is 60.8 cm³/mol. The first kappa shape index (κ1) is 14.0. The van der Waals surface area contributed by atoms with Gasteiger partial charge < -0.3 is 10.5 Å². The summed E-state index contributed by atoms with van der Waals surface area (Å²) in [5.41, 5.74) is 5.67. The standard InChI is InChI=1S/C9H7F3IN3O/c10-9(11,12)17-8-6(3-15)16-4-5(1-2-14)7(8)13/h4H,1,3,15H2. The van der Waals surface area contributed by atoms with E-state index in [2.05, 4.69) is 9.72 Å². The number of ether oxygens (including phenoxy) is 1. The molecule has 0 aliphatic carbocycles. The van der Waals surface area contributed by atoms with E-state index in [0.29, 0.717) is 5.56 Å². The Balaban J connectivity index is 3.23. The molecule has 0 fully saturated rings. The van der Waals surface area contributed by atoms with Gasteiger partial charge in [-0.25, -0.2) is 0 Å². The fraction of sp³-hybridized carbons (Fsp3) is 0.333. The van der Waals surface area contributed by atoms with Gasteiger partial charge in [0.1, 0.15) is 0 Å². The van der Waals surface area contributed by atoms with Crippen molar-refractivity contribution in [2.75, 3.05) is 0 Å². The first-order chi connectivity index (χ1) is 7.89. The van der Waals surface area contributed by atoms with Gasteiger partial charge in [-0.2, -0.15) is 5.26 Å². The summed E-state index contributed by atoms with van der Waals surface area (Å²) < 4.78 is 40.7. The maximum Gasteiger partial charge on any atom is 0.573 e. The molecular weight excluding hydrogens is 350 g/mol. The van der Waals surface area contributed by atoms with Gasteiger partial charge in [-0.3, -0.25) is 4.98 Å². The van der Waals surface area contributed by atoms with Crippen molar-refractivity contribution >= 4 is 22.6 Å². The third-order valence-electron chi connectivity index (χ3n) is 1.80. The number of nitrogens with zero attached hydrogens (tertiary/aromatic N) is 2. The van der Waals surface area contributed by atoms with Gasteiger partial charge in [0.15, 0.2) is 5.75 Å². The average molecular weight is 357 g/mol. The Morgan fingerprint density at radius 2 is 2.18 bits per heavy atom. The molecule has 8 heteroatoms. The molecule has 0 amide bonds. The third-order valence-corrected chi connectivity index (χ3v) is 2.98. The molecule has 0 aliphatic rings. The first-order valence-electron chi connectivity index (χ1n) is 4.38. The zero-order chi connectivity index (χ0) is 13.1. The minimum atomic E-state index is -4.81. The van der Waals surface area contributed by atoms with E-state index in [4.69, 9.17) is 11.0 Å². The van der Waals surface area contributed by atoms with Crippen molar-refractivity contribution in [1.82, 2.24) is 4.98 Å². The van der Waals surface area contributed by atoms with Crippen molar-refractivity contribution in [1.29, 1.82) is 5.26 Å². The largest absolute Gasteiger partial charge is 0.573 e. The number of alkyl halides is 3. The van der Waals surface area contributed by atoms with Gasteiger partial charge in [-0.05, 0) is 22.6 Å². The first-order valence-corrected chi connectivity index (χ1v) is 5.46. The van der Waals surface area contributed by atoms with Crippen molar-refractivity contribution in [2.24, 2.45) is 5.73 Å². The van der Waals surface area contributed by atoms with Gasteiger partial charge in [0.2, 0.25) is 0 Å². The van der Waals surface area contributed by atoms with E-state index in [0.717, 1.165) is 0 Å². The van der Waals surface area contributed by atoms with Gasteiger partial charge in [0.25, 0.3) is 0 Å². The molecule has 1 aromatic rings. The molecule has 0 aliphatic heterocycles. The van der Waals surface area contributed by atoms with Crippen molar-refractivity contribution in [2.45, 2.75) is 19.3 Å². The number of hydrogen-bond acceptors (Lipinski definition) is 4. The van der Waals surface area contributed by atoms with Gasteiger partial charge >= 0.3 is 6.36 Å². The van der Waals surface area contributed by atoms with Crippen LogP contribution in [0.15, 0.2) is 6.20 Å². The Hall–Kier alpha value is -1.08. The second-order valence-electron chi connectivity index (χ2n) is 2.96. The second-order valence-corrected chi connectivity index (χ2v) is 4.04. The molecule has 0 radical (unpaired) electrons. The van der Waals surface area contributed by atoms with E-state index in [1.807, 2.05) is 6.07 Å². The summed E-state index contributed by atoms with van der Waals surface area (Å²) in [6.45, 7) is -0.172. The summed E-state index contributed by atoms with van der Waals surface area (Å²) in [5, 5.41) is 8.53. The summed E-state index contributed by atoms with van der Waals surface area (Å²) in [4.78, 5) is 3.75. The molecule has 1 aromatic heterocycles. The zero-order valence-corrected chi connectivity index (χ0v) is 10.5. The van der Waals surface area contributed by atoms with Gasteiger partial charge in [0, 0.05) is 18.3 Å². The zero-order valence-electron chi connectivity index (χ0n) is 8.38. The van der Waals surface area contributed by atoms with Crippen molar-refractivity contribution < 1.29 is 17.9 Å². The van der Waals surface area contributed by atoms with Crippen LogP contribution >= 0.6 is 22.6 Å². The van der Waals surface area contributed by atoms with Crippen molar-refractivity contribution in [3.05, 3.63) is 21.0 Å². The quantitative estimate of drug-likeness (QED) is 0.842. The number of halogens is 4. The molecule has 1 rings (SSSR count). The Bertz CT molecular complexity index is 456. The van der Waals surface area contributed by atoms with Gasteiger partial charge in [-0.15, -0.1) is 13.2 Å². The lowest BCUT2D eigenvalue weighted by Crippen LogP contribution is -2.20. The van der Waals surface area contributed by atoms with E-state index in [-0.39, 0.29) is 22.2 Å². The third kappa shape index (κ3) is 3.71.